The van der Waals surface area contributed by atoms with Crippen LogP contribution in [0.5, 0.6) is 0 Å². The molecule has 0 fully saturated rings. The fraction of sp³-hybridized carbons (Fsp3) is 0.765. The van der Waals surface area contributed by atoms with Crippen LogP contribution in [-0.2, 0) is 12.8 Å². The van der Waals surface area contributed by atoms with E-state index in [2.05, 4.69) is 53.3 Å². The molecule has 0 aromatic carbocycles. The summed E-state index contributed by atoms with van der Waals surface area (Å²) in [6, 6.07) is 0.622. The molecule has 0 amide bonds. The summed E-state index contributed by atoms with van der Waals surface area (Å²) in [6.45, 7) is 9.61. The fourth-order valence-corrected chi connectivity index (χ4v) is 2.95. The van der Waals surface area contributed by atoms with Crippen molar-refractivity contribution in [3.05, 3.63) is 16.1 Å². The number of hydrogen-bond donors (Lipinski definition) is 2. The summed E-state index contributed by atoms with van der Waals surface area (Å²) in [5.41, 5.74) is 0. The first kappa shape index (κ1) is 19.9. The summed E-state index contributed by atoms with van der Waals surface area (Å²) < 4.78 is 0. The van der Waals surface area contributed by atoms with Gasteiger partial charge in [-0.3, -0.25) is 4.99 Å². The maximum absolute atomic E-state index is 4.44. The molecule has 6 heteroatoms. The number of aryl methyl sites for hydroxylation is 1. The Hall–Kier alpha value is -1.14. The van der Waals surface area contributed by atoms with Gasteiger partial charge in [0.25, 0.3) is 0 Å². The molecule has 1 heterocycles. The highest BCUT2D eigenvalue weighted by Gasteiger charge is 2.03. The molecule has 0 bridgehead atoms. The topological polar surface area (TPSA) is 52.6 Å². The van der Waals surface area contributed by atoms with E-state index in [0.29, 0.717) is 6.04 Å². The minimum atomic E-state index is 0.622. The van der Waals surface area contributed by atoms with Crippen molar-refractivity contribution >= 4 is 17.3 Å². The molecule has 0 spiro atoms. The lowest BCUT2D eigenvalue weighted by atomic mass is 10.2. The molecule has 0 aliphatic heterocycles. The lowest BCUT2D eigenvalue weighted by Crippen LogP contribution is -2.39. The fourth-order valence-electron chi connectivity index (χ4n) is 2.09. The Labute approximate surface area is 145 Å². The van der Waals surface area contributed by atoms with Crippen LogP contribution in [0.4, 0.5) is 0 Å². The number of nitrogens with one attached hydrogen (secondary N) is 2. The smallest absolute Gasteiger partial charge is 0.190 e. The van der Waals surface area contributed by atoms with E-state index in [9.17, 15) is 0 Å². The van der Waals surface area contributed by atoms with Gasteiger partial charge in [0, 0.05) is 43.7 Å². The zero-order chi connectivity index (χ0) is 17.1. The largest absolute Gasteiger partial charge is 0.356 e. The third kappa shape index (κ3) is 8.32. The van der Waals surface area contributed by atoms with Gasteiger partial charge in [0.15, 0.2) is 5.96 Å². The van der Waals surface area contributed by atoms with Gasteiger partial charge in [-0.2, -0.15) is 0 Å². The van der Waals surface area contributed by atoms with E-state index in [1.807, 2.05) is 13.2 Å². The normalized spacial score (nSPS) is 12.2. The highest BCUT2D eigenvalue weighted by Crippen LogP contribution is 2.13. The maximum atomic E-state index is 4.44. The number of rotatable bonds is 10. The van der Waals surface area contributed by atoms with Crippen LogP contribution < -0.4 is 10.6 Å². The molecule has 0 unspecified atom stereocenters. The van der Waals surface area contributed by atoms with Gasteiger partial charge in [0.05, 0.1) is 5.01 Å². The predicted octanol–water partition coefficient (Wildman–Crippen LogP) is 2.53. The Morgan fingerprint density at radius 2 is 2.04 bits per heavy atom. The lowest BCUT2D eigenvalue weighted by molar-refractivity contribution is 0.268. The van der Waals surface area contributed by atoms with Crippen molar-refractivity contribution in [3.63, 3.8) is 0 Å². The molecule has 23 heavy (non-hydrogen) atoms. The predicted molar refractivity (Wildman–Crippen MR) is 102 cm³/mol. The number of guanidine groups is 1. The van der Waals surface area contributed by atoms with Crippen LogP contribution in [0.2, 0.25) is 0 Å². The quantitative estimate of drug-likeness (QED) is 0.391. The average Bonchev–Trinajstić information content (AvgIpc) is 3.00. The standard InChI is InChI=1S/C17H33N5S/c1-6-15-13-21-16(23-15)9-11-20-17(18-4)19-10-7-8-12-22(5)14(2)3/h13-14H,6-12H2,1-5H3,(H2,18,19,20). The number of aliphatic imine (C=N–C) groups is 1. The van der Waals surface area contributed by atoms with Gasteiger partial charge < -0.3 is 15.5 Å². The number of hydrogen-bond acceptors (Lipinski definition) is 4. The Bertz CT molecular complexity index is 456. The molecular weight excluding hydrogens is 306 g/mol. The first-order chi connectivity index (χ1) is 11.1. The van der Waals surface area contributed by atoms with Crippen LogP contribution in [0.25, 0.3) is 0 Å². The molecule has 1 aromatic heterocycles. The van der Waals surface area contributed by atoms with E-state index in [4.69, 9.17) is 0 Å². The second kappa shape index (κ2) is 11.4. The van der Waals surface area contributed by atoms with E-state index < -0.39 is 0 Å². The summed E-state index contributed by atoms with van der Waals surface area (Å²) in [5.74, 6) is 0.884. The van der Waals surface area contributed by atoms with Crippen LogP contribution in [0.15, 0.2) is 11.2 Å². The van der Waals surface area contributed by atoms with E-state index in [-0.39, 0.29) is 0 Å². The van der Waals surface area contributed by atoms with Crippen molar-refractivity contribution in [1.29, 1.82) is 0 Å². The third-order valence-corrected chi connectivity index (χ3v) is 5.12. The first-order valence-electron chi connectivity index (χ1n) is 8.65. The zero-order valence-corrected chi connectivity index (χ0v) is 16.2. The van der Waals surface area contributed by atoms with Crippen molar-refractivity contribution in [2.45, 2.75) is 52.5 Å². The van der Waals surface area contributed by atoms with Gasteiger partial charge in [-0.15, -0.1) is 11.3 Å². The van der Waals surface area contributed by atoms with Crippen molar-refractivity contribution in [1.82, 2.24) is 20.5 Å². The molecule has 2 N–H and O–H groups in total. The first-order valence-corrected chi connectivity index (χ1v) is 9.46. The van der Waals surface area contributed by atoms with E-state index in [1.165, 1.54) is 16.3 Å². The molecule has 0 atom stereocenters. The molecule has 1 rings (SSSR count). The van der Waals surface area contributed by atoms with E-state index >= 15 is 0 Å². The molecule has 0 aliphatic rings. The summed E-state index contributed by atoms with van der Waals surface area (Å²) >= 11 is 1.81. The summed E-state index contributed by atoms with van der Waals surface area (Å²) in [4.78, 5) is 12.4. The highest BCUT2D eigenvalue weighted by atomic mass is 32.1. The average molecular weight is 340 g/mol. The van der Waals surface area contributed by atoms with Crippen molar-refractivity contribution in [2.75, 3.05) is 33.7 Å². The second-order valence-electron chi connectivity index (χ2n) is 6.03. The minimum absolute atomic E-state index is 0.622. The SMILES string of the molecule is CCc1cnc(CCNC(=NC)NCCCCN(C)C(C)C)s1. The van der Waals surface area contributed by atoms with Gasteiger partial charge in [-0.25, -0.2) is 4.98 Å². The molecule has 132 valence electrons. The van der Waals surface area contributed by atoms with Crippen LogP contribution in [0.3, 0.4) is 0 Å². The Morgan fingerprint density at radius 3 is 2.65 bits per heavy atom. The Balaban J connectivity index is 2.12. The van der Waals surface area contributed by atoms with Gasteiger partial charge in [0.1, 0.15) is 0 Å². The Morgan fingerprint density at radius 1 is 1.30 bits per heavy atom. The van der Waals surface area contributed by atoms with Crippen molar-refractivity contribution in [2.24, 2.45) is 4.99 Å². The molecule has 0 aliphatic carbocycles. The molecular formula is C17H33N5S. The van der Waals surface area contributed by atoms with Gasteiger partial charge >= 0.3 is 0 Å². The lowest BCUT2D eigenvalue weighted by Gasteiger charge is -2.20. The summed E-state index contributed by atoms with van der Waals surface area (Å²) in [6.07, 6.45) is 6.37. The number of aromatic nitrogens is 1. The van der Waals surface area contributed by atoms with Crippen LogP contribution in [-0.4, -0.2) is 55.6 Å². The van der Waals surface area contributed by atoms with Crippen molar-refractivity contribution in [3.8, 4) is 0 Å². The van der Waals surface area contributed by atoms with E-state index in [0.717, 1.165) is 44.9 Å². The van der Waals surface area contributed by atoms with Gasteiger partial charge in [0.2, 0.25) is 0 Å². The van der Waals surface area contributed by atoms with Crippen LogP contribution in [0.1, 0.15) is 43.5 Å². The molecule has 5 nitrogen and oxygen atoms in total. The highest BCUT2D eigenvalue weighted by molar-refractivity contribution is 7.11. The maximum Gasteiger partial charge on any atom is 0.190 e. The van der Waals surface area contributed by atoms with Crippen LogP contribution >= 0.6 is 11.3 Å². The number of thiazole rings is 1. The second-order valence-corrected chi connectivity index (χ2v) is 7.23. The van der Waals surface area contributed by atoms with Gasteiger partial charge in [-0.1, -0.05) is 6.92 Å². The number of nitrogens with zero attached hydrogens (tertiary/aromatic N) is 3. The van der Waals surface area contributed by atoms with Crippen molar-refractivity contribution < 1.29 is 0 Å². The van der Waals surface area contributed by atoms with Gasteiger partial charge in [-0.05, 0) is 46.7 Å². The Kier molecular flexibility index (Phi) is 9.87. The monoisotopic (exact) mass is 339 g/mol. The minimum Gasteiger partial charge on any atom is -0.356 e. The summed E-state index contributed by atoms with van der Waals surface area (Å²) in [7, 11) is 4.00. The van der Waals surface area contributed by atoms with E-state index in [1.54, 1.807) is 11.3 Å². The molecule has 1 aromatic rings. The number of unbranched alkanes of at least 4 members (excludes halogenated alkanes) is 1. The van der Waals surface area contributed by atoms with Crippen LogP contribution in [0, 0.1) is 0 Å². The summed E-state index contributed by atoms with van der Waals surface area (Å²) in [5, 5.41) is 7.93. The third-order valence-electron chi connectivity index (χ3n) is 3.92. The zero-order valence-electron chi connectivity index (χ0n) is 15.4. The molecule has 0 saturated carbocycles. The molecule has 0 radical (unpaired) electrons. The molecule has 0 saturated heterocycles.